The van der Waals surface area contributed by atoms with Crippen LogP contribution in [0.25, 0.3) is 11.3 Å². The van der Waals surface area contributed by atoms with E-state index in [1.807, 2.05) is 61.5 Å². The molecule has 4 heteroatoms. The zero-order chi connectivity index (χ0) is 15.4. The molecule has 0 aliphatic heterocycles. The van der Waals surface area contributed by atoms with Gasteiger partial charge in [0.25, 0.3) is 0 Å². The van der Waals surface area contributed by atoms with Gasteiger partial charge >= 0.3 is 0 Å². The monoisotopic (exact) mass is 306 g/mol. The van der Waals surface area contributed by atoms with Gasteiger partial charge in [-0.25, -0.2) is 9.97 Å². The van der Waals surface area contributed by atoms with Crippen molar-refractivity contribution >= 4 is 16.9 Å². The van der Waals surface area contributed by atoms with Gasteiger partial charge in [0.1, 0.15) is 0 Å². The standard InChI is InChI=1S/C18H14N2OS/c1-13-12-16(14-8-4-2-5-9-14)20-18(19-13)22-17(21)15-10-6-3-7-11-15/h2-12H,1H3. The molecule has 3 aromatic rings. The van der Waals surface area contributed by atoms with Crippen molar-refractivity contribution < 1.29 is 4.79 Å². The molecule has 1 heterocycles. The van der Waals surface area contributed by atoms with Crippen molar-refractivity contribution in [1.82, 2.24) is 9.97 Å². The Morgan fingerprint density at radius 1 is 0.909 bits per heavy atom. The molecule has 0 atom stereocenters. The lowest BCUT2D eigenvalue weighted by Gasteiger charge is -2.05. The minimum atomic E-state index is -0.0507. The second-order valence-electron chi connectivity index (χ2n) is 4.80. The normalized spacial score (nSPS) is 10.4. The third kappa shape index (κ3) is 3.40. The van der Waals surface area contributed by atoms with Gasteiger partial charge in [0.15, 0.2) is 5.16 Å². The van der Waals surface area contributed by atoms with Crippen molar-refractivity contribution in [3.63, 3.8) is 0 Å². The molecular weight excluding hydrogens is 292 g/mol. The fraction of sp³-hybridized carbons (Fsp3) is 0.0556. The molecule has 108 valence electrons. The van der Waals surface area contributed by atoms with Gasteiger partial charge in [-0.05, 0) is 24.8 Å². The first kappa shape index (κ1) is 14.5. The summed E-state index contributed by atoms with van der Waals surface area (Å²) >= 11 is 1.06. The molecule has 0 saturated heterocycles. The maximum absolute atomic E-state index is 12.3. The van der Waals surface area contributed by atoms with Gasteiger partial charge in [0.2, 0.25) is 5.12 Å². The third-order valence-corrected chi connectivity index (χ3v) is 3.88. The fourth-order valence-corrected chi connectivity index (χ4v) is 2.81. The molecule has 0 fully saturated rings. The van der Waals surface area contributed by atoms with Gasteiger partial charge in [-0.2, -0.15) is 0 Å². The van der Waals surface area contributed by atoms with E-state index in [0.717, 1.165) is 28.7 Å². The molecule has 0 radical (unpaired) electrons. The number of benzene rings is 2. The zero-order valence-corrected chi connectivity index (χ0v) is 12.9. The van der Waals surface area contributed by atoms with Crippen LogP contribution in [0.4, 0.5) is 0 Å². The second kappa shape index (κ2) is 6.54. The summed E-state index contributed by atoms with van der Waals surface area (Å²) in [7, 11) is 0. The van der Waals surface area contributed by atoms with Crippen molar-refractivity contribution in [3.8, 4) is 11.3 Å². The summed E-state index contributed by atoms with van der Waals surface area (Å²) < 4.78 is 0. The van der Waals surface area contributed by atoms with Crippen LogP contribution in [0.5, 0.6) is 0 Å². The summed E-state index contributed by atoms with van der Waals surface area (Å²) in [5, 5.41) is 0.429. The zero-order valence-electron chi connectivity index (χ0n) is 12.1. The van der Waals surface area contributed by atoms with Gasteiger partial charge in [-0.15, -0.1) is 0 Å². The van der Waals surface area contributed by atoms with E-state index in [4.69, 9.17) is 0 Å². The Hall–Kier alpha value is -2.46. The van der Waals surface area contributed by atoms with Crippen LogP contribution < -0.4 is 0 Å². The Morgan fingerprint density at radius 2 is 1.55 bits per heavy atom. The molecule has 0 spiro atoms. The molecule has 0 aliphatic rings. The summed E-state index contributed by atoms with van der Waals surface area (Å²) in [6.07, 6.45) is 0. The second-order valence-corrected chi connectivity index (χ2v) is 5.74. The Labute approximate surface area is 133 Å². The van der Waals surface area contributed by atoms with Gasteiger partial charge in [-0.3, -0.25) is 4.79 Å². The van der Waals surface area contributed by atoms with Gasteiger partial charge in [0, 0.05) is 16.8 Å². The number of aromatic nitrogens is 2. The van der Waals surface area contributed by atoms with Crippen LogP contribution in [0.3, 0.4) is 0 Å². The number of rotatable bonds is 3. The predicted octanol–water partition coefficient (Wildman–Crippen LogP) is 4.38. The van der Waals surface area contributed by atoms with E-state index in [1.165, 1.54) is 0 Å². The minimum Gasteiger partial charge on any atom is -0.281 e. The van der Waals surface area contributed by atoms with Crippen molar-refractivity contribution in [2.24, 2.45) is 0 Å². The first-order valence-corrected chi connectivity index (χ1v) is 7.72. The fourth-order valence-electron chi connectivity index (χ4n) is 2.06. The van der Waals surface area contributed by atoms with Crippen LogP contribution in [-0.4, -0.2) is 15.1 Å². The first-order valence-electron chi connectivity index (χ1n) is 6.91. The highest BCUT2D eigenvalue weighted by Crippen LogP contribution is 2.24. The Bertz CT molecular complexity index is 789. The summed E-state index contributed by atoms with van der Waals surface area (Å²) in [6, 6.07) is 21.0. The molecule has 0 saturated carbocycles. The van der Waals surface area contributed by atoms with E-state index >= 15 is 0 Å². The predicted molar refractivity (Wildman–Crippen MR) is 88.8 cm³/mol. The average Bonchev–Trinajstić information content (AvgIpc) is 2.56. The number of nitrogens with zero attached hydrogens (tertiary/aromatic N) is 2. The Morgan fingerprint density at radius 3 is 2.23 bits per heavy atom. The molecule has 1 aromatic heterocycles. The van der Waals surface area contributed by atoms with Crippen LogP contribution in [0, 0.1) is 6.92 Å². The number of thioether (sulfide) groups is 1. The van der Waals surface area contributed by atoms with Crippen molar-refractivity contribution in [1.29, 1.82) is 0 Å². The summed E-state index contributed by atoms with van der Waals surface area (Å²) in [5.41, 5.74) is 3.34. The smallest absolute Gasteiger partial charge is 0.227 e. The quantitative estimate of drug-likeness (QED) is 0.532. The maximum atomic E-state index is 12.3. The van der Waals surface area contributed by atoms with Crippen LogP contribution >= 0.6 is 11.8 Å². The minimum absolute atomic E-state index is 0.0507. The lowest BCUT2D eigenvalue weighted by Crippen LogP contribution is -1.98. The molecule has 22 heavy (non-hydrogen) atoms. The van der Waals surface area contributed by atoms with E-state index in [2.05, 4.69) is 9.97 Å². The SMILES string of the molecule is Cc1cc(-c2ccccc2)nc(SC(=O)c2ccccc2)n1. The highest BCUT2D eigenvalue weighted by molar-refractivity contribution is 8.14. The third-order valence-electron chi connectivity index (χ3n) is 3.10. The van der Waals surface area contributed by atoms with Gasteiger partial charge in [-0.1, -0.05) is 60.7 Å². The van der Waals surface area contributed by atoms with Crippen molar-refractivity contribution in [3.05, 3.63) is 78.0 Å². The van der Waals surface area contributed by atoms with Crippen LogP contribution in [0.1, 0.15) is 16.1 Å². The van der Waals surface area contributed by atoms with E-state index in [9.17, 15) is 4.79 Å². The summed E-state index contributed by atoms with van der Waals surface area (Å²) in [5.74, 6) is 0. The molecule has 0 N–H and O–H groups in total. The topological polar surface area (TPSA) is 42.9 Å². The number of carbonyl (C=O) groups is 1. The first-order chi connectivity index (χ1) is 10.7. The largest absolute Gasteiger partial charge is 0.281 e. The summed E-state index contributed by atoms with van der Waals surface area (Å²) in [6.45, 7) is 1.91. The molecule has 3 rings (SSSR count). The number of carbonyl (C=O) groups excluding carboxylic acids is 1. The lowest BCUT2D eigenvalue weighted by atomic mass is 10.1. The number of hydrogen-bond acceptors (Lipinski definition) is 4. The van der Waals surface area contributed by atoms with E-state index in [0.29, 0.717) is 10.7 Å². The lowest BCUT2D eigenvalue weighted by molar-refractivity contribution is 0.108. The molecule has 0 bridgehead atoms. The van der Waals surface area contributed by atoms with Crippen LogP contribution in [-0.2, 0) is 0 Å². The van der Waals surface area contributed by atoms with Gasteiger partial charge in [0.05, 0.1) is 5.69 Å². The Kier molecular flexibility index (Phi) is 4.30. The maximum Gasteiger partial charge on any atom is 0.227 e. The van der Waals surface area contributed by atoms with Crippen LogP contribution in [0.15, 0.2) is 71.9 Å². The van der Waals surface area contributed by atoms with Crippen molar-refractivity contribution in [2.45, 2.75) is 12.1 Å². The molecule has 2 aromatic carbocycles. The molecule has 0 amide bonds. The summed E-state index contributed by atoms with van der Waals surface area (Å²) in [4.78, 5) is 21.1. The molecular formula is C18H14N2OS. The number of aryl methyl sites for hydroxylation is 1. The molecule has 0 unspecified atom stereocenters. The van der Waals surface area contributed by atoms with Gasteiger partial charge < -0.3 is 0 Å². The van der Waals surface area contributed by atoms with E-state index in [1.54, 1.807) is 12.1 Å². The van der Waals surface area contributed by atoms with E-state index < -0.39 is 0 Å². The molecule has 3 nitrogen and oxygen atoms in total. The Balaban J connectivity index is 1.89. The van der Waals surface area contributed by atoms with Crippen molar-refractivity contribution in [2.75, 3.05) is 0 Å². The van der Waals surface area contributed by atoms with E-state index in [-0.39, 0.29) is 5.12 Å². The molecule has 0 aliphatic carbocycles. The number of hydrogen-bond donors (Lipinski definition) is 0. The average molecular weight is 306 g/mol. The highest BCUT2D eigenvalue weighted by atomic mass is 32.2. The highest BCUT2D eigenvalue weighted by Gasteiger charge is 2.12. The van der Waals surface area contributed by atoms with Crippen LogP contribution in [0.2, 0.25) is 0 Å².